The van der Waals surface area contributed by atoms with Crippen LogP contribution in [-0.4, -0.2) is 36.9 Å². The molecule has 2 aliphatic heterocycles. The molecule has 6 heteroatoms. The fraction of sp³-hybridized carbons (Fsp3) is 0.600. The van der Waals surface area contributed by atoms with E-state index >= 15 is 0 Å². The van der Waals surface area contributed by atoms with Crippen molar-refractivity contribution in [3.63, 3.8) is 0 Å². The Kier molecular flexibility index (Phi) is 3.03. The molecule has 114 valence electrons. The van der Waals surface area contributed by atoms with Gasteiger partial charge in [-0.25, -0.2) is 0 Å². The first kappa shape index (κ1) is 13.5. The SMILES string of the molecule is O=S(=O)(O)N1CCN2C[C@@H]3CCC[C@@H]3c3cccc(c32)C1. The van der Waals surface area contributed by atoms with Crippen LogP contribution in [0.5, 0.6) is 0 Å². The first-order chi connectivity index (χ1) is 10.0. The van der Waals surface area contributed by atoms with Gasteiger partial charge in [-0.15, -0.1) is 0 Å². The van der Waals surface area contributed by atoms with E-state index in [-0.39, 0.29) is 6.54 Å². The van der Waals surface area contributed by atoms with Crippen molar-refractivity contribution in [2.24, 2.45) is 5.92 Å². The van der Waals surface area contributed by atoms with Crippen LogP contribution in [0.3, 0.4) is 0 Å². The number of hydrogen-bond donors (Lipinski definition) is 1. The third-order valence-corrected chi connectivity index (χ3v) is 6.24. The van der Waals surface area contributed by atoms with E-state index in [0.29, 0.717) is 24.9 Å². The second-order valence-corrected chi connectivity index (χ2v) is 7.82. The number of nitrogens with zero attached hydrogens (tertiary/aromatic N) is 2. The summed E-state index contributed by atoms with van der Waals surface area (Å²) in [6.07, 6.45) is 3.81. The second kappa shape index (κ2) is 4.69. The van der Waals surface area contributed by atoms with Crippen molar-refractivity contribution in [3.8, 4) is 0 Å². The summed E-state index contributed by atoms with van der Waals surface area (Å²) in [7, 11) is -4.13. The Bertz CT molecular complexity index is 673. The molecule has 1 aliphatic carbocycles. The maximum atomic E-state index is 11.5. The molecule has 1 saturated carbocycles. The van der Waals surface area contributed by atoms with Gasteiger partial charge in [0.05, 0.1) is 0 Å². The highest BCUT2D eigenvalue weighted by Gasteiger charge is 2.39. The smallest absolute Gasteiger partial charge is 0.336 e. The van der Waals surface area contributed by atoms with Crippen molar-refractivity contribution in [2.45, 2.75) is 31.7 Å². The molecule has 2 atom stereocenters. The molecule has 0 saturated heterocycles. The third kappa shape index (κ3) is 2.17. The molecular formula is C15H20N2O3S. The molecule has 0 radical (unpaired) electrons. The fourth-order valence-corrected chi connectivity index (χ4v) is 4.98. The van der Waals surface area contributed by atoms with Crippen molar-refractivity contribution in [1.29, 1.82) is 0 Å². The van der Waals surface area contributed by atoms with Crippen molar-refractivity contribution in [1.82, 2.24) is 4.31 Å². The zero-order chi connectivity index (χ0) is 14.6. The highest BCUT2D eigenvalue weighted by molar-refractivity contribution is 7.83. The van der Waals surface area contributed by atoms with Crippen molar-refractivity contribution in [3.05, 3.63) is 29.3 Å². The van der Waals surface area contributed by atoms with Crippen LogP contribution < -0.4 is 4.90 Å². The molecule has 1 aromatic rings. The van der Waals surface area contributed by atoms with Gasteiger partial charge in [-0.1, -0.05) is 24.6 Å². The number of para-hydroxylation sites is 1. The summed E-state index contributed by atoms with van der Waals surface area (Å²) < 4.78 is 33.6. The van der Waals surface area contributed by atoms with Gasteiger partial charge in [0, 0.05) is 31.9 Å². The lowest BCUT2D eigenvalue weighted by Gasteiger charge is -2.38. The predicted octanol–water partition coefficient (Wildman–Crippen LogP) is 2.01. The molecule has 2 heterocycles. The van der Waals surface area contributed by atoms with Gasteiger partial charge in [-0.05, 0) is 35.8 Å². The number of rotatable bonds is 1. The van der Waals surface area contributed by atoms with E-state index in [1.54, 1.807) is 0 Å². The summed E-state index contributed by atoms with van der Waals surface area (Å²) in [5, 5.41) is 0. The van der Waals surface area contributed by atoms with Crippen LogP contribution in [0.25, 0.3) is 0 Å². The van der Waals surface area contributed by atoms with Crippen LogP contribution in [0, 0.1) is 5.92 Å². The van der Waals surface area contributed by atoms with E-state index in [2.05, 4.69) is 11.0 Å². The number of anilines is 1. The van der Waals surface area contributed by atoms with Gasteiger partial charge >= 0.3 is 10.3 Å². The predicted molar refractivity (Wildman–Crippen MR) is 80.7 cm³/mol. The molecule has 5 nitrogen and oxygen atoms in total. The van der Waals surface area contributed by atoms with Gasteiger partial charge in [0.25, 0.3) is 0 Å². The van der Waals surface area contributed by atoms with Crippen molar-refractivity contribution < 1.29 is 13.0 Å². The number of fused-ring (bicyclic) bond motifs is 2. The lowest BCUT2D eigenvalue weighted by Crippen LogP contribution is -2.39. The lowest BCUT2D eigenvalue weighted by molar-refractivity contribution is 0.352. The minimum Gasteiger partial charge on any atom is -0.369 e. The van der Waals surface area contributed by atoms with E-state index < -0.39 is 10.3 Å². The highest BCUT2D eigenvalue weighted by atomic mass is 32.2. The van der Waals surface area contributed by atoms with Crippen molar-refractivity contribution >= 4 is 16.0 Å². The van der Waals surface area contributed by atoms with Gasteiger partial charge in [-0.3, -0.25) is 4.55 Å². The Morgan fingerprint density at radius 3 is 2.86 bits per heavy atom. The molecule has 1 aromatic carbocycles. The average Bonchev–Trinajstić information content (AvgIpc) is 2.81. The molecule has 1 fully saturated rings. The van der Waals surface area contributed by atoms with Crippen LogP contribution >= 0.6 is 0 Å². The number of hydrogen-bond acceptors (Lipinski definition) is 3. The zero-order valence-corrected chi connectivity index (χ0v) is 12.7. The van der Waals surface area contributed by atoms with Gasteiger partial charge in [-0.2, -0.15) is 12.7 Å². The maximum absolute atomic E-state index is 11.5. The van der Waals surface area contributed by atoms with Crippen LogP contribution in [0.15, 0.2) is 18.2 Å². The van der Waals surface area contributed by atoms with Gasteiger partial charge in [0.15, 0.2) is 0 Å². The third-order valence-electron chi connectivity index (χ3n) is 5.27. The van der Waals surface area contributed by atoms with Gasteiger partial charge in [0.2, 0.25) is 0 Å². The Morgan fingerprint density at radius 1 is 1.19 bits per heavy atom. The van der Waals surface area contributed by atoms with E-state index in [1.165, 1.54) is 34.8 Å². The topological polar surface area (TPSA) is 60.9 Å². The van der Waals surface area contributed by atoms with E-state index in [1.807, 2.05) is 12.1 Å². The molecule has 4 rings (SSSR count). The molecule has 0 spiro atoms. The van der Waals surface area contributed by atoms with Crippen LogP contribution in [0.1, 0.15) is 36.3 Å². The summed E-state index contributed by atoms with van der Waals surface area (Å²) in [6, 6.07) is 6.22. The molecule has 0 bridgehead atoms. The standard InChI is InChI=1S/C15H20N2O3S/c18-21(19,20)17-8-7-16-9-11-3-1-5-13(11)14-6-2-4-12(10-17)15(14)16/h2,4,6,11,13H,1,3,5,7-10H2,(H,18,19,20)/t11-,13-/m0/s1. The molecule has 3 aliphatic rings. The highest BCUT2D eigenvalue weighted by Crippen LogP contribution is 2.49. The zero-order valence-electron chi connectivity index (χ0n) is 11.9. The summed E-state index contributed by atoms with van der Waals surface area (Å²) >= 11 is 0. The molecule has 1 N–H and O–H groups in total. The Labute approximate surface area is 125 Å². The van der Waals surface area contributed by atoms with Crippen LogP contribution in [0.4, 0.5) is 5.69 Å². The largest absolute Gasteiger partial charge is 0.369 e. The molecule has 0 aromatic heterocycles. The average molecular weight is 308 g/mol. The fourth-order valence-electron chi connectivity index (χ4n) is 4.36. The van der Waals surface area contributed by atoms with Crippen LogP contribution in [0.2, 0.25) is 0 Å². The minimum absolute atomic E-state index is 0.274. The lowest BCUT2D eigenvalue weighted by atomic mass is 9.82. The summed E-state index contributed by atoms with van der Waals surface area (Å²) in [5.74, 6) is 1.33. The molecule has 0 amide bonds. The van der Waals surface area contributed by atoms with E-state index in [9.17, 15) is 13.0 Å². The minimum atomic E-state index is -4.13. The van der Waals surface area contributed by atoms with Crippen LogP contribution in [-0.2, 0) is 16.8 Å². The normalized spacial score (nSPS) is 28.9. The molecule has 21 heavy (non-hydrogen) atoms. The van der Waals surface area contributed by atoms with Gasteiger partial charge < -0.3 is 4.90 Å². The Balaban J connectivity index is 1.81. The van der Waals surface area contributed by atoms with Gasteiger partial charge in [0.1, 0.15) is 0 Å². The van der Waals surface area contributed by atoms with E-state index in [0.717, 1.165) is 12.1 Å². The maximum Gasteiger partial charge on any atom is 0.336 e. The Hall–Kier alpha value is -1.11. The first-order valence-electron chi connectivity index (χ1n) is 7.63. The molecule has 0 unspecified atom stereocenters. The van der Waals surface area contributed by atoms with Crippen molar-refractivity contribution in [2.75, 3.05) is 24.5 Å². The quantitative estimate of drug-likeness (QED) is 0.806. The summed E-state index contributed by atoms with van der Waals surface area (Å²) in [5.41, 5.74) is 3.64. The Morgan fingerprint density at radius 2 is 2.05 bits per heavy atom. The monoisotopic (exact) mass is 308 g/mol. The summed E-state index contributed by atoms with van der Waals surface area (Å²) in [6.45, 7) is 2.31. The second-order valence-electron chi connectivity index (χ2n) is 6.41. The molecular weight excluding hydrogens is 288 g/mol. The first-order valence-corrected chi connectivity index (χ1v) is 9.03. The van der Waals surface area contributed by atoms with E-state index in [4.69, 9.17) is 0 Å². The summed E-state index contributed by atoms with van der Waals surface area (Å²) in [4.78, 5) is 2.34. The number of benzene rings is 1.